The van der Waals surface area contributed by atoms with Crippen molar-refractivity contribution in [2.75, 3.05) is 20.2 Å². The lowest BCUT2D eigenvalue weighted by Gasteiger charge is -2.23. The second-order valence-electron chi connectivity index (χ2n) is 4.22. The minimum Gasteiger partial charge on any atom is -0.497 e. The van der Waals surface area contributed by atoms with E-state index in [1.54, 1.807) is 7.11 Å². The lowest BCUT2D eigenvalue weighted by molar-refractivity contribution is 0.411. The van der Waals surface area contributed by atoms with E-state index in [1.165, 1.54) is 12.0 Å². The maximum Gasteiger partial charge on any atom is 0.119 e. The first-order valence-corrected chi connectivity index (χ1v) is 5.10. The average molecular weight is 191 g/mol. The van der Waals surface area contributed by atoms with Gasteiger partial charge in [0, 0.05) is 12.0 Å². The van der Waals surface area contributed by atoms with Crippen LogP contribution in [0.2, 0.25) is 0 Å². The molecule has 1 aromatic rings. The van der Waals surface area contributed by atoms with Crippen molar-refractivity contribution in [1.82, 2.24) is 5.32 Å². The highest BCUT2D eigenvalue weighted by molar-refractivity contribution is 5.34. The van der Waals surface area contributed by atoms with Gasteiger partial charge in [-0.05, 0) is 30.7 Å². The molecule has 14 heavy (non-hydrogen) atoms. The van der Waals surface area contributed by atoms with Crippen molar-refractivity contribution < 1.29 is 4.74 Å². The zero-order valence-electron chi connectivity index (χ0n) is 8.84. The molecule has 1 saturated heterocycles. The molecule has 1 atom stereocenters. The number of hydrogen-bond donors (Lipinski definition) is 1. The molecule has 1 fully saturated rings. The molecule has 1 N–H and O–H groups in total. The van der Waals surface area contributed by atoms with Crippen LogP contribution in [0.25, 0.3) is 0 Å². The van der Waals surface area contributed by atoms with Gasteiger partial charge in [0.2, 0.25) is 0 Å². The first-order chi connectivity index (χ1) is 6.74. The van der Waals surface area contributed by atoms with Gasteiger partial charge in [-0.1, -0.05) is 19.1 Å². The minimum absolute atomic E-state index is 0.286. The van der Waals surface area contributed by atoms with Gasteiger partial charge >= 0.3 is 0 Å². The standard InChI is InChI=1S/C12H17NO/c1-12(6-7-13-9-12)10-4-3-5-11(8-10)14-2/h3-5,8,13H,6-7,9H2,1-2H3/t12-/m0/s1. The van der Waals surface area contributed by atoms with Crippen LogP contribution in [-0.4, -0.2) is 20.2 Å². The molecule has 1 aliphatic heterocycles. The number of nitrogens with one attached hydrogen (secondary N) is 1. The summed E-state index contributed by atoms with van der Waals surface area (Å²) in [7, 11) is 1.72. The largest absolute Gasteiger partial charge is 0.497 e. The Balaban J connectivity index is 2.30. The van der Waals surface area contributed by atoms with Crippen LogP contribution in [0.15, 0.2) is 24.3 Å². The van der Waals surface area contributed by atoms with E-state index < -0.39 is 0 Å². The third-order valence-electron chi connectivity index (χ3n) is 3.14. The van der Waals surface area contributed by atoms with Crippen molar-refractivity contribution >= 4 is 0 Å². The van der Waals surface area contributed by atoms with Gasteiger partial charge in [0.05, 0.1) is 7.11 Å². The molecule has 1 aromatic carbocycles. The third-order valence-corrected chi connectivity index (χ3v) is 3.14. The van der Waals surface area contributed by atoms with Gasteiger partial charge in [-0.15, -0.1) is 0 Å². The smallest absolute Gasteiger partial charge is 0.119 e. The molecule has 0 aliphatic carbocycles. The van der Waals surface area contributed by atoms with Crippen LogP contribution in [-0.2, 0) is 5.41 Å². The van der Waals surface area contributed by atoms with E-state index in [0.717, 1.165) is 18.8 Å². The molecule has 2 rings (SSSR count). The van der Waals surface area contributed by atoms with Gasteiger partial charge in [0.1, 0.15) is 5.75 Å². The molecule has 0 radical (unpaired) electrons. The Morgan fingerprint density at radius 1 is 1.43 bits per heavy atom. The predicted molar refractivity (Wildman–Crippen MR) is 57.8 cm³/mol. The number of ether oxygens (including phenoxy) is 1. The molecule has 0 spiro atoms. The topological polar surface area (TPSA) is 21.3 Å². The van der Waals surface area contributed by atoms with Crippen molar-refractivity contribution in [1.29, 1.82) is 0 Å². The quantitative estimate of drug-likeness (QED) is 0.771. The average Bonchev–Trinajstić information content (AvgIpc) is 2.67. The zero-order chi connectivity index (χ0) is 10.0. The molecule has 2 heteroatoms. The fourth-order valence-corrected chi connectivity index (χ4v) is 2.06. The molecule has 0 amide bonds. The number of benzene rings is 1. The fraction of sp³-hybridized carbons (Fsp3) is 0.500. The van der Waals surface area contributed by atoms with E-state index in [1.807, 2.05) is 6.07 Å². The van der Waals surface area contributed by atoms with Crippen molar-refractivity contribution in [2.24, 2.45) is 0 Å². The Hall–Kier alpha value is -1.02. The summed E-state index contributed by atoms with van der Waals surface area (Å²) in [5.41, 5.74) is 1.66. The van der Waals surface area contributed by atoms with Crippen molar-refractivity contribution in [2.45, 2.75) is 18.8 Å². The lowest BCUT2D eigenvalue weighted by Crippen LogP contribution is -2.24. The van der Waals surface area contributed by atoms with Gasteiger partial charge < -0.3 is 10.1 Å². The lowest BCUT2D eigenvalue weighted by atomic mass is 9.82. The molecule has 76 valence electrons. The Bertz CT molecular complexity index is 316. The molecular weight excluding hydrogens is 174 g/mol. The van der Waals surface area contributed by atoms with Crippen LogP contribution < -0.4 is 10.1 Å². The summed E-state index contributed by atoms with van der Waals surface area (Å²) in [5, 5.41) is 3.41. The van der Waals surface area contributed by atoms with Gasteiger partial charge in [-0.2, -0.15) is 0 Å². The molecule has 2 nitrogen and oxygen atoms in total. The van der Waals surface area contributed by atoms with Crippen molar-refractivity contribution in [3.8, 4) is 5.75 Å². The molecule has 0 unspecified atom stereocenters. The highest BCUT2D eigenvalue weighted by Gasteiger charge is 2.30. The van der Waals surface area contributed by atoms with Crippen molar-refractivity contribution in [3.05, 3.63) is 29.8 Å². The second-order valence-corrected chi connectivity index (χ2v) is 4.22. The zero-order valence-corrected chi connectivity index (χ0v) is 8.84. The third kappa shape index (κ3) is 1.62. The Labute approximate surface area is 85.3 Å². The van der Waals surface area contributed by atoms with Gasteiger partial charge in [-0.3, -0.25) is 0 Å². The minimum atomic E-state index is 0.286. The Kier molecular flexibility index (Phi) is 2.46. The van der Waals surface area contributed by atoms with Crippen LogP contribution in [0.5, 0.6) is 5.75 Å². The Morgan fingerprint density at radius 3 is 2.93 bits per heavy atom. The summed E-state index contributed by atoms with van der Waals surface area (Å²) in [6.07, 6.45) is 1.21. The highest BCUT2D eigenvalue weighted by Crippen LogP contribution is 2.31. The van der Waals surface area contributed by atoms with E-state index in [0.29, 0.717) is 0 Å². The molecule has 1 heterocycles. The van der Waals surface area contributed by atoms with Crippen LogP contribution in [0.3, 0.4) is 0 Å². The van der Waals surface area contributed by atoms with Gasteiger partial charge in [-0.25, -0.2) is 0 Å². The van der Waals surface area contributed by atoms with Crippen LogP contribution in [0, 0.1) is 0 Å². The summed E-state index contributed by atoms with van der Waals surface area (Å²) in [4.78, 5) is 0. The van der Waals surface area contributed by atoms with E-state index in [4.69, 9.17) is 4.74 Å². The summed E-state index contributed by atoms with van der Waals surface area (Å²) in [6, 6.07) is 8.40. The summed E-state index contributed by atoms with van der Waals surface area (Å²) < 4.78 is 5.24. The molecular formula is C12H17NO. The summed E-state index contributed by atoms with van der Waals surface area (Å²) in [5.74, 6) is 0.954. The van der Waals surface area contributed by atoms with Crippen LogP contribution >= 0.6 is 0 Å². The van der Waals surface area contributed by atoms with E-state index in [-0.39, 0.29) is 5.41 Å². The monoisotopic (exact) mass is 191 g/mol. The van der Waals surface area contributed by atoms with Gasteiger partial charge in [0.15, 0.2) is 0 Å². The Morgan fingerprint density at radius 2 is 2.29 bits per heavy atom. The van der Waals surface area contributed by atoms with Crippen LogP contribution in [0.1, 0.15) is 18.9 Å². The number of rotatable bonds is 2. The highest BCUT2D eigenvalue weighted by atomic mass is 16.5. The van der Waals surface area contributed by atoms with Crippen LogP contribution in [0.4, 0.5) is 0 Å². The first kappa shape index (κ1) is 9.53. The van der Waals surface area contributed by atoms with Gasteiger partial charge in [0.25, 0.3) is 0 Å². The fourth-order valence-electron chi connectivity index (χ4n) is 2.06. The number of methoxy groups -OCH3 is 1. The van der Waals surface area contributed by atoms with E-state index in [9.17, 15) is 0 Å². The predicted octanol–water partition coefficient (Wildman–Crippen LogP) is 1.95. The molecule has 1 aliphatic rings. The maximum absolute atomic E-state index is 5.24. The van der Waals surface area contributed by atoms with E-state index >= 15 is 0 Å². The molecule has 0 saturated carbocycles. The van der Waals surface area contributed by atoms with Crippen molar-refractivity contribution in [3.63, 3.8) is 0 Å². The normalized spacial score (nSPS) is 26.4. The molecule has 0 bridgehead atoms. The molecule has 0 aromatic heterocycles. The summed E-state index contributed by atoms with van der Waals surface area (Å²) in [6.45, 7) is 4.50. The SMILES string of the molecule is COc1cccc([C@@]2(C)CCNC2)c1. The number of hydrogen-bond acceptors (Lipinski definition) is 2. The first-order valence-electron chi connectivity index (χ1n) is 5.10. The van der Waals surface area contributed by atoms with E-state index in [2.05, 4.69) is 30.4 Å². The second kappa shape index (κ2) is 3.62. The maximum atomic E-state index is 5.24. The summed E-state index contributed by atoms with van der Waals surface area (Å²) >= 11 is 0.